The van der Waals surface area contributed by atoms with E-state index in [1.54, 1.807) is 4.57 Å². The van der Waals surface area contributed by atoms with Crippen molar-refractivity contribution < 1.29 is 9.53 Å². The minimum Gasteiger partial charge on any atom is -0.443 e. The third kappa shape index (κ3) is 4.10. The van der Waals surface area contributed by atoms with E-state index in [9.17, 15) is 4.79 Å². The van der Waals surface area contributed by atoms with Gasteiger partial charge in [0, 0.05) is 30.7 Å². The van der Waals surface area contributed by atoms with Gasteiger partial charge in [0.1, 0.15) is 5.60 Å². The van der Waals surface area contributed by atoms with Crippen molar-refractivity contribution in [2.24, 2.45) is 11.8 Å². The van der Waals surface area contributed by atoms with Gasteiger partial charge in [-0.25, -0.2) is 4.79 Å². The van der Waals surface area contributed by atoms with Crippen LogP contribution < -0.4 is 0 Å². The summed E-state index contributed by atoms with van der Waals surface area (Å²) in [5.74, 6) is 1.61. The zero-order valence-electron chi connectivity index (χ0n) is 20.8. The normalized spacial score (nSPS) is 22.5. The summed E-state index contributed by atoms with van der Waals surface area (Å²) in [6.07, 6.45) is 3.99. The molecule has 2 fully saturated rings. The number of benzene rings is 2. The van der Waals surface area contributed by atoms with Crippen LogP contribution in [0.5, 0.6) is 0 Å². The molecule has 2 heterocycles. The Labute approximate surface area is 197 Å². The lowest BCUT2D eigenvalue weighted by atomic mass is 9.97. The number of carbonyl (C=O) groups excluding carboxylic acids is 1. The van der Waals surface area contributed by atoms with E-state index in [2.05, 4.69) is 62.1 Å². The van der Waals surface area contributed by atoms with Gasteiger partial charge in [0.25, 0.3) is 0 Å². The van der Waals surface area contributed by atoms with Crippen LogP contribution in [0.2, 0.25) is 0 Å². The molecule has 4 heteroatoms. The number of carbonyl (C=O) groups is 1. The number of rotatable bonds is 4. The minimum absolute atomic E-state index is 0.313. The number of hydrogen-bond acceptors (Lipinski definition) is 3. The molecule has 3 unspecified atom stereocenters. The van der Waals surface area contributed by atoms with Crippen molar-refractivity contribution in [1.29, 1.82) is 0 Å². The third-order valence-electron chi connectivity index (χ3n) is 7.42. The third-order valence-corrected chi connectivity index (χ3v) is 7.42. The van der Waals surface area contributed by atoms with Gasteiger partial charge in [0.2, 0.25) is 0 Å². The highest BCUT2D eigenvalue weighted by atomic mass is 16.6. The fourth-order valence-corrected chi connectivity index (χ4v) is 5.77. The van der Waals surface area contributed by atoms with E-state index < -0.39 is 5.60 Å². The molecule has 2 aliphatic rings. The average Bonchev–Trinajstić information content (AvgIpc) is 3.19. The van der Waals surface area contributed by atoms with Crippen molar-refractivity contribution in [3.8, 4) is 0 Å². The molecule has 1 saturated heterocycles. The van der Waals surface area contributed by atoms with Gasteiger partial charge in [-0.2, -0.15) is 0 Å². The maximum atomic E-state index is 12.9. The standard InChI is InChI=1S/C29H36N2O2/c1-7-20-8-10-21(11-9-20)27-24-15-22(24)16-30(27)17-25-18(2)14-19(3)26-23(25)12-13-31(26)28(32)33-29(4,5)6/h8-14,22,24,27H,7,15-17H2,1-6H3. The molecule has 5 rings (SSSR count). The molecule has 1 aliphatic heterocycles. The Morgan fingerprint density at radius 3 is 2.48 bits per heavy atom. The molecule has 0 spiro atoms. The van der Waals surface area contributed by atoms with E-state index in [0.29, 0.717) is 6.04 Å². The van der Waals surface area contributed by atoms with E-state index in [1.165, 1.54) is 34.1 Å². The van der Waals surface area contributed by atoms with Crippen molar-refractivity contribution >= 4 is 17.0 Å². The second-order valence-electron chi connectivity index (χ2n) is 11.0. The summed E-state index contributed by atoms with van der Waals surface area (Å²) in [4.78, 5) is 15.6. The van der Waals surface area contributed by atoms with E-state index in [-0.39, 0.29) is 6.09 Å². The van der Waals surface area contributed by atoms with Gasteiger partial charge >= 0.3 is 6.09 Å². The van der Waals surface area contributed by atoms with Crippen LogP contribution in [0.3, 0.4) is 0 Å². The molecule has 0 bridgehead atoms. The second kappa shape index (κ2) is 8.02. The molecule has 4 nitrogen and oxygen atoms in total. The van der Waals surface area contributed by atoms with Crippen LogP contribution in [-0.4, -0.2) is 27.7 Å². The Kier molecular flexibility index (Phi) is 5.40. The van der Waals surface area contributed by atoms with E-state index in [4.69, 9.17) is 4.74 Å². The van der Waals surface area contributed by atoms with E-state index in [0.717, 1.165) is 42.4 Å². The van der Waals surface area contributed by atoms with Crippen molar-refractivity contribution in [3.63, 3.8) is 0 Å². The predicted octanol–water partition coefficient (Wildman–Crippen LogP) is 6.80. The minimum atomic E-state index is -0.522. The van der Waals surface area contributed by atoms with Gasteiger partial charge in [-0.15, -0.1) is 0 Å². The summed E-state index contributed by atoms with van der Waals surface area (Å²) < 4.78 is 7.36. The molecule has 3 atom stereocenters. The Balaban J connectivity index is 1.49. The molecule has 0 radical (unpaired) electrons. The first kappa shape index (κ1) is 22.2. The number of likely N-dealkylation sites (tertiary alicyclic amines) is 1. The maximum Gasteiger partial charge on any atom is 0.418 e. The van der Waals surface area contributed by atoms with Crippen molar-refractivity contribution in [3.05, 3.63) is 70.4 Å². The maximum absolute atomic E-state index is 12.9. The number of piperidine rings is 1. The highest BCUT2D eigenvalue weighted by Gasteiger charge is 2.52. The molecule has 174 valence electrons. The van der Waals surface area contributed by atoms with Crippen LogP contribution >= 0.6 is 0 Å². The summed E-state index contributed by atoms with van der Waals surface area (Å²) in [6.45, 7) is 14.3. The number of hydrogen-bond donors (Lipinski definition) is 0. The first-order valence-corrected chi connectivity index (χ1v) is 12.3. The fraction of sp³-hybridized carbons (Fsp3) is 0.483. The van der Waals surface area contributed by atoms with Gasteiger partial charge in [-0.05, 0) is 93.2 Å². The Morgan fingerprint density at radius 2 is 1.82 bits per heavy atom. The number of nitrogens with zero attached hydrogens (tertiary/aromatic N) is 2. The molecule has 33 heavy (non-hydrogen) atoms. The molecule has 1 aromatic heterocycles. The Bertz CT molecular complexity index is 1200. The molecule has 3 aromatic rings. The van der Waals surface area contributed by atoms with Crippen LogP contribution in [0, 0.1) is 25.7 Å². The van der Waals surface area contributed by atoms with Crippen LogP contribution in [0.4, 0.5) is 4.79 Å². The van der Waals surface area contributed by atoms with E-state index >= 15 is 0 Å². The van der Waals surface area contributed by atoms with E-state index in [1.807, 2.05) is 27.0 Å². The summed E-state index contributed by atoms with van der Waals surface area (Å²) in [5.41, 5.74) is 7.03. The smallest absolute Gasteiger partial charge is 0.418 e. The molecule has 1 aliphatic carbocycles. The monoisotopic (exact) mass is 444 g/mol. The highest BCUT2D eigenvalue weighted by Crippen LogP contribution is 2.57. The number of fused-ring (bicyclic) bond motifs is 2. The largest absolute Gasteiger partial charge is 0.443 e. The van der Waals surface area contributed by atoms with Crippen LogP contribution in [-0.2, 0) is 17.7 Å². The topological polar surface area (TPSA) is 34.5 Å². The van der Waals surface area contributed by atoms with Gasteiger partial charge in [0.05, 0.1) is 5.52 Å². The molecular formula is C29H36N2O2. The molecular weight excluding hydrogens is 408 g/mol. The molecule has 0 amide bonds. The SMILES string of the molecule is CCc1ccc(C2C3CC3CN2Cc2c(C)cc(C)c3c2ccn3C(=O)OC(C)(C)C)cc1. The van der Waals surface area contributed by atoms with Gasteiger partial charge in [0.15, 0.2) is 0 Å². The number of aromatic nitrogens is 1. The molecule has 0 N–H and O–H groups in total. The van der Waals surface area contributed by atoms with Crippen LogP contribution in [0.25, 0.3) is 10.9 Å². The fourth-order valence-electron chi connectivity index (χ4n) is 5.77. The summed E-state index contributed by atoms with van der Waals surface area (Å²) in [6, 6.07) is 14.1. The average molecular weight is 445 g/mol. The Morgan fingerprint density at radius 1 is 1.09 bits per heavy atom. The van der Waals surface area contributed by atoms with Crippen molar-refractivity contribution in [1.82, 2.24) is 9.47 Å². The van der Waals surface area contributed by atoms with Gasteiger partial charge < -0.3 is 4.74 Å². The number of aryl methyl sites for hydroxylation is 3. The first-order valence-electron chi connectivity index (χ1n) is 12.3. The quantitative estimate of drug-likeness (QED) is 0.444. The zero-order chi connectivity index (χ0) is 23.5. The molecule has 1 saturated carbocycles. The second-order valence-corrected chi connectivity index (χ2v) is 11.0. The zero-order valence-corrected chi connectivity index (χ0v) is 20.8. The van der Waals surface area contributed by atoms with Crippen LogP contribution in [0.1, 0.15) is 68.0 Å². The first-order chi connectivity index (χ1) is 15.7. The molecule has 2 aromatic carbocycles. The van der Waals surface area contributed by atoms with Crippen molar-refractivity contribution in [2.45, 2.75) is 72.6 Å². The summed E-state index contributed by atoms with van der Waals surface area (Å²) in [7, 11) is 0. The predicted molar refractivity (Wildman–Crippen MR) is 134 cm³/mol. The lowest BCUT2D eigenvalue weighted by Crippen LogP contribution is -2.27. The van der Waals surface area contributed by atoms with Crippen LogP contribution in [0.15, 0.2) is 42.6 Å². The Hall–Kier alpha value is -2.59. The van der Waals surface area contributed by atoms with Gasteiger partial charge in [-0.3, -0.25) is 9.47 Å². The van der Waals surface area contributed by atoms with Gasteiger partial charge in [-0.1, -0.05) is 37.3 Å². The number of ether oxygens (including phenoxy) is 1. The highest BCUT2D eigenvalue weighted by molar-refractivity contribution is 5.94. The summed E-state index contributed by atoms with van der Waals surface area (Å²) >= 11 is 0. The lowest BCUT2D eigenvalue weighted by molar-refractivity contribution is 0.0544. The lowest BCUT2D eigenvalue weighted by Gasteiger charge is -2.29. The van der Waals surface area contributed by atoms with Crippen molar-refractivity contribution in [2.75, 3.05) is 6.54 Å². The summed E-state index contributed by atoms with van der Waals surface area (Å²) in [5, 5.41) is 1.17.